The van der Waals surface area contributed by atoms with Crippen molar-refractivity contribution in [3.05, 3.63) is 40.7 Å². The van der Waals surface area contributed by atoms with E-state index in [0.717, 1.165) is 11.5 Å². The molecule has 4 rings (SSSR count). The first kappa shape index (κ1) is 19.7. The first-order valence-electron chi connectivity index (χ1n) is 10.1. The maximum Gasteiger partial charge on any atom is 0.257 e. The average molecular weight is 401 g/mol. The molecule has 0 aliphatic carbocycles. The van der Waals surface area contributed by atoms with Crippen LogP contribution in [0.3, 0.4) is 0 Å². The molecule has 0 bridgehead atoms. The third-order valence-corrected chi connectivity index (χ3v) is 5.81. The predicted molar refractivity (Wildman–Crippen MR) is 103 cm³/mol. The molecular weight excluding hydrogens is 374 g/mol. The van der Waals surface area contributed by atoms with Crippen molar-refractivity contribution in [2.45, 2.75) is 52.2 Å². The molecule has 2 amide bonds. The standard InChI is InChI=1S/C21H27N3O5/c1-14-10-17(29-22-14)12-24-13-21(27-9-4-19(24)25)5-7-23(8-6-21)20(26)18-11-15(2)28-16(18)3/h10-11H,4-9,12-13H2,1-3H3. The molecule has 0 saturated carbocycles. The van der Waals surface area contributed by atoms with E-state index < -0.39 is 5.60 Å². The minimum absolute atomic E-state index is 0.00658. The van der Waals surface area contributed by atoms with Gasteiger partial charge < -0.3 is 23.5 Å². The molecule has 0 N–H and O–H groups in total. The number of rotatable bonds is 3. The average Bonchev–Trinajstić information content (AvgIpc) is 3.21. The van der Waals surface area contributed by atoms with Crippen molar-refractivity contribution in [1.29, 1.82) is 0 Å². The third kappa shape index (κ3) is 4.07. The van der Waals surface area contributed by atoms with Gasteiger partial charge in [0.15, 0.2) is 5.76 Å². The smallest absolute Gasteiger partial charge is 0.257 e. The van der Waals surface area contributed by atoms with Crippen molar-refractivity contribution in [2.24, 2.45) is 0 Å². The molecule has 8 nitrogen and oxygen atoms in total. The number of aromatic nitrogens is 1. The van der Waals surface area contributed by atoms with Gasteiger partial charge in [-0.15, -0.1) is 0 Å². The fourth-order valence-corrected chi connectivity index (χ4v) is 4.25. The Kier molecular flexibility index (Phi) is 5.21. The van der Waals surface area contributed by atoms with Crippen LogP contribution in [0.2, 0.25) is 0 Å². The summed E-state index contributed by atoms with van der Waals surface area (Å²) in [4.78, 5) is 29.1. The fourth-order valence-electron chi connectivity index (χ4n) is 4.25. The van der Waals surface area contributed by atoms with Crippen molar-refractivity contribution >= 4 is 11.8 Å². The molecule has 4 heterocycles. The number of furan rings is 1. The van der Waals surface area contributed by atoms with E-state index in [1.54, 1.807) is 11.0 Å². The molecule has 1 spiro atoms. The molecule has 29 heavy (non-hydrogen) atoms. The molecular formula is C21H27N3O5. The molecule has 0 atom stereocenters. The number of nitrogens with zero attached hydrogens (tertiary/aromatic N) is 3. The molecule has 8 heteroatoms. The van der Waals surface area contributed by atoms with Crippen LogP contribution in [0.4, 0.5) is 0 Å². The van der Waals surface area contributed by atoms with Crippen LogP contribution in [-0.4, -0.2) is 58.6 Å². The van der Waals surface area contributed by atoms with Crippen LogP contribution in [0.1, 0.15) is 52.6 Å². The van der Waals surface area contributed by atoms with E-state index in [1.165, 1.54) is 0 Å². The van der Waals surface area contributed by atoms with E-state index in [2.05, 4.69) is 5.16 Å². The maximum atomic E-state index is 12.9. The first-order valence-corrected chi connectivity index (χ1v) is 10.1. The van der Waals surface area contributed by atoms with Gasteiger partial charge in [-0.05, 0) is 39.7 Å². The quantitative estimate of drug-likeness (QED) is 0.785. The number of hydrogen-bond donors (Lipinski definition) is 0. The summed E-state index contributed by atoms with van der Waals surface area (Å²) in [5.41, 5.74) is 0.988. The summed E-state index contributed by atoms with van der Waals surface area (Å²) >= 11 is 0. The van der Waals surface area contributed by atoms with Gasteiger partial charge in [-0.25, -0.2) is 0 Å². The molecule has 2 aromatic rings. The number of amides is 2. The number of ether oxygens (including phenoxy) is 1. The van der Waals surface area contributed by atoms with Crippen LogP contribution in [-0.2, 0) is 16.1 Å². The predicted octanol–water partition coefficient (Wildman–Crippen LogP) is 2.62. The molecule has 2 saturated heterocycles. The summed E-state index contributed by atoms with van der Waals surface area (Å²) in [7, 11) is 0. The Morgan fingerprint density at radius 3 is 2.59 bits per heavy atom. The Labute approximate surface area is 169 Å². The lowest BCUT2D eigenvalue weighted by molar-refractivity contribution is -0.132. The maximum absolute atomic E-state index is 12.9. The monoisotopic (exact) mass is 401 g/mol. The molecule has 0 unspecified atom stereocenters. The van der Waals surface area contributed by atoms with Crippen LogP contribution < -0.4 is 0 Å². The van der Waals surface area contributed by atoms with Crippen LogP contribution in [0.25, 0.3) is 0 Å². The van der Waals surface area contributed by atoms with E-state index in [0.29, 0.717) is 69.1 Å². The summed E-state index contributed by atoms with van der Waals surface area (Å²) in [6, 6.07) is 3.65. The van der Waals surface area contributed by atoms with Gasteiger partial charge in [0.2, 0.25) is 5.91 Å². The number of piperidine rings is 1. The number of carbonyl (C=O) groups is 2. The highest BCUT2D eigenvalue weighted by Crippen LogP contribution is 2.32. The van der Waals surface area contributed by atoms with Crippen molar-refractivity contribution in [2.75, 3.05) is 26.2 Å². The van der Waals surface area contributed by atoms with Gasteiger partial charge >= 0.3 is 0 Å². The number of hydrogen-bond acceptors (Lipinski definition) is 6. The zero-order valence-corrected chi connectivity index (χ0v) is 17.2. The third-order valence-electron chi connectivity index (χ3n) is 5.81. The van der Waals surface area contributed by atoms with Crippen LogP contribution in [0.5, 0.6) is 0 Å². The van der Waals surface area contributed by atoms with Crippen molar-refractivity contribution in [3.8, 4) is 0 Å². The Balaban J connectivity index is 1.44. The van der Waals surface area contributed by atoms with Crippen molar-refractivity contribution in [3.63, 3.8) is 0 Å². The minimum atomic E-state index is -0.431. The molecule has 0 aromatic carbocycles. The normalized spacial score (nSPS) is 19.6. The zero-order chi connectivity index (χ0) is 20.6. The van der Waals surface area contributed by atoms with Gasteiger partial charge in [0, 0.05) is 19.2 Å². The summed E-state index contributed by atoms with van der Waals surface area (Å²) in [6.07, 6.45) is 1.73. The summed E-state index contributed by atoms with van der Waals surface area (Å²) < 4.78 is 17.0. The van der Waals surface area contributed by atoms with Crippen LogP contribution in [0.15, 0.2) is 21.1 Å². The topological polar surface area (TPSA) is 89.0 Å². The second-order valence-corrected chi connectivity index (χ2v) is 8.08. The molecule has 2 aromatic heterocycles. The highest BCUT2D eigenvalue weighted by molar-refractivity contribution is 5.95. The largest absolute Gasteiger partial charge is 0.466 e. The Bertz CT molecular complexity index is 907. The molecule has 0 radical (unpaired) electrons. The van der Waals surface area contributed by atoms with E-state index in [9.17, 15) is 9.59 Å². The summed E-state index contributed by atoms with van der Waals surface area (Å²) in [5, 5.41) is 3.91. The lowest BCUT2D eigenvalue weighted by Gasteiger charge is -2.42. The molecule has 2 fully saturated rings. The lowest BCUT2D eigenvalue weighted by Crippen LogP contribution is -2.53. The highest BCUT2D eigenvalue weighted by atomic mass is 16.5. The summed E-state index contributed by atoms with van der Waals surface area (Å²) in [6.45, 7) is 7.98. The van der Waals surface area contributed by atoms with E-state index >= 15 is 0 Å². The summed E-state index contributed by atoms with van der Waals surface area (Å²) in [5.74, 6) is 2.11. The Hall–Kier alpha value is -2.61. The number of likely N-dealkylation sites (tertiary alicyclic amines) is 1. The van der Waals surface area contributed by atoms with E-state index in [4.69, 9.17) is 13.7 Å². The fraction of sp³-hybridized carbons (Fsp3) is 0.571. The van der Waals surface area contributed by atoms with Gasteiger partial charge in [0.25, 0.3) is 5.91 Å². The minimum Gasteiger partial charge on any atom is -0.466 e. The SMILES string of the molecule is Cc1cc(CN2CC3(CCN(C(=O)c4cc(C)oc4C)CC3)OCCC2=O)on1. The van der Waals surface area contributed by atoms with Crippen molar-refractivity contribution in [1.82, 2.24) is 15.0 Å². The lowest BCUT2D eigenvalue weighted by atomic mass is 9.90. The van der Waals surface area contributed by atoms with Crippen LogP contribution >= 0.6 is 0 Å². The first-order chi connectivity index (χ1) is 13.8. The number of aryl methyl sites for hydroxylation is 3. The zero-order valence-electron chi connectivity index (χ0n) is 17.2. The molecule has 2 aliphatic rings. The van der Waals surface area contributed by atoms with Gasteiger partial charge in [0.1, 0.15) is 11.5 Å². The van der Waals surface area contributed by atoms with E-state index in [-0.39, 0.29) is 11.8 Å². The van der Waals surface area contributed by atoms with Crippen LogP contribution in [0, 0.1) is 20.8 Å². The molecule has 156 valence electrons. The Morgan fingerprint density at radius 1 is 1.21 bits per heavy atom. The van der Waals surface area contributed by atoms with Gasteiger partial charge in [0.05, 0.1) is 43.0 Å². The van der Waals surface area contributed by atoms with Gasteiger partial charge in [-0.3, -0.25) is 9.59 Å². The Morgan fingerprint density at radius 2 is 1.97 bits per heavy atom. The van der Waals surface area contributed by atoms with E-state index in [1.807, 2.05) is 31.7 Å². The van der Waals surface area contributed by atoms with Gasteiger partial charge in [-0.1, -0.05) is 5.16 Å². The highest BCUT2D eigenvalue weighted by Gasteiger charge is 2.41. The number of carbonyl (C=O) groups excluding carboxylic acids is 2. The van der Waals surface area contributed by atoms with Gasteiger partial charge in [-0.2, -0.15) is 0 Å². The second kappa shape index (κ2) is 7.67. The molecule has 2 aliphatic heterocycles. The second-order valence-electron chi connectivity index (χ2n) is 8.08. The van der Waals surface area contributed by atoms with Crippen molar-refractivity contribution < 1.29 is 23.3 Å².